The Morgan fingerprint density at radius 2 is 2.05 bits per heavy atom. The molecule has 2 aliphatic rings. The van der Waals surface area contributed by atoms with E-state index >= 15 is 0 Å². The second kappa shape index (κ2) is 9.35. The maximum absolute atomic E-state index is 4.33. The number of aliphatic imine (C=N–C) groups is 1. The van der Waals surface area contributed by atoms with Crippen LogP contribution in [0.25, 0.3) is 0 Å². The number of hydrogen-bond donors (Lipinski definition) is 2. The summed E-state index contributed by atoms with van der Waals surface area (Å²) in [6.07, 6.45) is 5.48. The van der Waals surface area contributed by atoms with Gasteiger partial charge in [0.1, 0.15) is 0 Å². The van der Waals surface area contributed by atoms with E-state index < -0.39 is 0 Å². The minimum atomic E-state index is 0. The lowest BCUT2D eigenvalue weighted by Crippen LogP contribution is -2.47. The Kier molecular flexibility index (Phi) is 8.59. The second-order valence-corrected chi connectivity index (χ2v) is 7.25. The molecule has 0 amide bonds. The molecule has 0 aromatic heterocycles. The minimum Gasteiger partial charge on any atom is -0.355 e. The van der Waals surface area contributed by atoms with Crippen molar-refractivity contribution in [1.29, 1.82) is 0 Å². The highest BCUT2D eigenvalue weighted by Crippen LogP contribution is 2.34. The summed E-state index contributed by atoms with van der Waals surface area (Å²) in [6.45, 7) is 2.04. The average Bonchev–Trinajstić information content (AvgIpc) is 3.08. The number of nitrogens with one attached hydrogen (secondary N) is 2. The lowest BCUT2D eigenvalue weighted by atomic mass is 10.1. The first-order valence-electron chi connectivity index (χ1n) is 7.43. The van der Waals surface area contributed by atoms with Crippen molar-refractivity contribution in [1.82, 2.24) is 15.5 Å². The highest BCUT2D eigenvalue weighted by molar-refractivity contribution is 14.0. The summed E-state index contributed by atoms with van der Waals surface area (Å²) in [7, 11) is 6.21. The highest BCUT2D eigenvalue weighted by atomic mass is 127. The average molecular weight is 412 g/mol. The fourth-order valence-corrected chi connectivity index (χ4v) is 3.89. The predicted octanol–water partition coefficient (Wildman–Crippen LogP) is 2.01. The summed E-state index contributed by atoms with van der Waals surface area (Å²) in [4.78, 5) is 6.66. The molecule has 2 atom stereocenters. The van der Waals surface area contributed by atoms with Gasteiger partial charge < -0.3 is 15.5 Å². The zero-order valence-electron chi connectivity index (χ0n) is 12.9. The number of guanidine groups is 1. The molecule has 4 nitrogen and oxygen atoms in total. The molecule has 20 heavy (non-hydrogen) atoms. The van der Waals surface area contributed by atoms with Crippen molar-refractivity contribution in [2.24, 2.45) is 10.9 Å². The molecule has 118 valence electrons. The maximum atomic E-state index is 4.33. The molecule has 2 unspecified atom stereocenters. The van der Waals surface area contributed by atoms with Crippen molar-refractivity contribution in [3.8, 4) is 0 Å². The van der Waals surface area contributed by atoms with E-state index in [-0.39, 0.29) is 24.0 Å². The molecular weight excluding hydrogens is 383 g/mol. The molecule has 0 bridgehead atoms. The lowest BCUT2D eigenvalue weighted by molar-refractivity contribution is 0.264. The number of hydrogen-bond acceptors (Lipinski definition) is 3. The van der Waals surface area contributed by atoms with Gasteiger partial charge >= 0.3 is 0 Å². The SMILES string of the molecule is CN=C(NCC1CCCS1)NCC(C1CC1)N(C)C.I. The smallest absolute Gasteiger partial charge is 0.191 e. The van der Waals surface area contributed by atoms with Crippen molar-refractivity contribution >= 4 is 41.7 Å². The third-order valence-electron chi connectivity index (χ3n) is 4.05. The van der Waals surface area contributed by atoms with E-state index in [4.69, 9.17) is 0 Å². The fourth-order valence-electron chi connectivity index (χ4n) is 2.69. The maximum Gasteiger partial charge on any atom is 0.191 e. The quantitative estimate of drug-likeness (QED) is 0.398. The van der Waals surface area contributed by atoms with Crippen LogP contribution in [0, 0.1) is 5.92 Å². The van der Waals surface area contributed by atoms with Crippen LogP contribution in [-0.4, -0.2) is 62.1 Å². The summed E-state index contributed by atoms with van der Waals surface area (Å²) in [5, 5.41) is 7.72. The summed E-state index contributed by atoms with van der Waals surface area (Å²) in [5.74, 6) is 3.16. The zero-order chi connectivity index (χ0) is 13.7. The lowest BCUT2D eigenvalue weighted by Gasteiger charge is -2.25. The summed E-state index contributed by atoms with van der Waals surface area (Å²) < 4.78 is 0. The molecule has 2 fully saturated rings. The van der Waals surface area contributed by atoms with Gasteiger partial charge in [0.2, 0.25) is 0 Å². The molecular formula is C14H29IN4S. The van der Waals surface area contributed by atoms with Gasteiger partial charge in [0.15, 0.2) is 5.96 Å². The molecule has 0 aromatic rings. The third kappa shape index (κ3) is 5.97. The van der Waals surface area contributed by atoms with Crippen molar-refractivity contribution in [2.75, 3.05) is 40.0 Å². The van der Waals surface area contributed by atoms with Gasteiger partial charge in [-0.05, 0) is 51.4 Å². The van der Waals surface area contributed by atoms with Gasteiger partial charge in [-0.2, -0.15) is 11.8 Å². The molecule has 1 saturated heterocycles. The molecule has 0 radical (unpaired) electrons. The molecule has 1 aliphatic carbocycles. The van der Waals surface area contributed by atoms with Crippen LogP contribution in [0.5, 0.6) is 0 Å². The van der Waals surface area contributed by atoms with Crippen LogP contribution in [0.4, 0.5) is 0 Å². The summed E-state index contributed by atoms with van der Waals surface area (Å²) in [5.41, 5.74) is 0. The topological polar surface area (TPSA) is 39.7 Å². The Balaban J connectivity index is 0.00000200. The van der Waals surface area contributed by atoms with E-state index in [0.717, 1.165) is 30.2 Å². The van der Waals surface area contributed by atoms with Gasteiger partial charge in [-0.3, -0.25) is 4.99 Å². The minimum absolute atomic E-state index is 0. The van der Waals surface area contributed by atoms with Gasteiger partial charge in [-0.1, -0.05) is 0 Å². The Morgan fingerprint density at radius 3 is 2.55 bits per heavy atom. The van der Waals surface area contributed by atoms with Crippen molar-refractivity contribution in [3.63, 3.8) is 0 Å². The monoisotopic (exact) mass is 412 g/mol. The van der Waals surface area contributed by atoms with E-state index in [2.05, 4.69) is 46.4 Å². The first-order valence-corrected chi connectivity index (χ1v) is 8.48. The molecule has 2 rings (SSSR count). The largest absolute Gasteiger partial charge is 0.355 e. The van der Waals surface area contributed by atoms with Crippen LogP contribution in [-0.2, 0) is 0 Å². The molecule has 1 aliphatic heterocycles. The van der Waals surface area contributed by atoms with Crippen LogP contribution in [0.3, 0.4) is 0 Å². The van der Waals surface area contributed by atoms with E-state index in [1.807, 2.05) is 7.05 Å². The molecule has 1 saturated carbocycles. The predicted molar refractivity (Wildman–Crippen MR) is 100 cm³/mol. The Morgan fingerprint density at radius 1 is 1.30 bits per heavy atom. The molecule has 1 heterocycles. The number of rotatable bonds is 6. The van der Waals surface area contributed by atoms with E-state index in [0.29, 0.717) is 6.04 Å². The second-order valence-electron chi connectivity index (χ2n) is 5.84. The zero-order valence-corrected chi connectivity index (χ0v) is 16.0. The third-order valence-corrected chi connectivity index (χ3v) is 5.45. The van der Waals surface area contributed by atoms with Crippen molar-refractivity contribution < 1.29 is 0 Å². The van der Waals surface area contributed by atoms with Crippen LogP contribution < -0.4 is 10.6 Å². The number of nitrogens with zero attached hydrogens (tertiary/aromatic N) is 2. The van der Waals surface area contributed by atoms with Gasteiger partial charge in [-0.25, -0.2) is 0 Å². The van der Waals surface area contributed by atoms with Gasteiger partial charge in [0, 0.05) is 31.4 Å². The van der Waals surface area contributed by atoms with Crippen LogP contribution in [0.1, 0.15) is 25.7 Å². The Hall–Kier alpha value is 0.310. The standard InChI is InChI=1S/C14H28N4S.HI/c1-15-14(16-9-12-5-4-8-19-12)17-10-13(18(2)3)11-6-7-11;/h11-13H,4-10H2,1-3H3,(H2,15,16,17);1H. The molecule has 0 spiro atoms. The van der Waals surface area contributed by atoms with Crippen LogP contribution in [0.2, 0.25) is 0 Å². The Bertz CT molecular complexity index is 300. The Labute approximate surface area is 144 Å². The van der Waals surface area contributed by atoms with E-state index in [1.165, 1.54) is 31.4 Å². The van der Waals surface area contributed by atoms with Crippen molar-refractivity contribution in [3.05, 3.63) is 0 Å². The molecule has 6 heteroatoms. The van der Waals surface area contributed by atoms with Gasteiger partial charge in [-0.15, -0.1) is 24.0 Å². The van der Waals surface area contributed by atoms with Crippen molar-refractivity contribution in [2.45, 2.75) is 37.0 Å². The molecule has 0 aromatic carbocycles. The van der Waals surface area contributed by atoms with E-state index in [9.17, 15) is 0 Å². The molecule has 2 N–H and O–H groups in total. The fraction of sp³-hybridized carbons (Fsp3) is 0.929. The normalized spacial score (nSPS) is 24.4. The van der Waals surface area contributed by atoms with Crippen LogP contribution in [0.15, 0.2) is 4.99 Å². The number of thioether (sulfide) groups is 1. The first kappa shape index (κ1) is 18.4. The van der Waals surface area contributed by atoms with Gasteiger partial charge in [0.05, 0.1) is 0 Å². The summed E-state index contributed by atoms with van der Waals surface area (Å²) in [6, 6.07) is 0.638. The van der Waals surface area contributed by atoms with Crippen LogP contribution >= 0.6 is 35.7 Å². The summed E-state index contributed by atoms with van der Waals surface area (Å²) >= 11 is 2.09. The highest BCUT2D eigenvalue weighted by Gasteiger charge is 2.32. The number of likely N-dealkylation sites (N-methyl/N-ethyl adjacent to an activating group) is 1. The first-order chi connectivity index (χ1) is 9.20. The van der Waals surface area contributed by atoms with Gasteiger partial charge in [0.25, 0.3) is 0 Å². The van der Waals surface area contributed by atoms with E-state index in [1.54, 1.807) is 0 Å². The number of halogens is 1.